The number of thiazole rings is 1. The summed E-state index contributed by atoms with van der Waals surface area (Å²) in [4.78, 5) is 42.9. The lowest BCUT2D eigenvalue weighted by molar-refractivity contribution is -0.153. The van der Waals surface area contributed by atoms with Crippen molar-refractivity contribution in [2.75, 3.05) is 6.54 Å². The van der Waals surface area contributed by atoms with Crippen LogP contribution in [0, 0.1) is 11.3 Å². The molecule has 0 saturated carbocycles. The zero-order valence-corrected chi connectivity index (χ0v) is 18.9. The van der Waals surface area contributed by atoms with Crippen molar-refractivity contribution in [2.24, 2.45) is 0 Å². The predicted molar refractivity (Wildman–Crippen MR) is 118 cm³/mol. The fourth-order valence-corrected chi connectivity index (χ4v) is 4.22. The number of amides is 1. The normalized spacial score (nSPS) is 14.9. The highest BCUT2D eigenvalue weighted by Gasteiger charge is 2.32. The monoisotopic (exact) mass is 468 g/mol. The number of carbonyl (C=O) groups excluding carboxylic acids is 2. The Kier molecular flexibility index (Phi) is 5.55. The van der Waals surface area contributed by atoms with Crippen LogP contribution >= 0.6 is 11.3 Å². The number of nitrogens with one attached hydrogen (secondary N) is 1. The first-order chi connectivity index (χ1) is 15.6. The lowest BCUT2D eigenvalue weighted by Gasteiger charge is -2.28. The number of esters is 1. The van der Waals surface area contributed by atoms with E-state index in [4.69, 9.17) is 9.47 Å². The molecule has 0 radical (unpaired) electrons. The first-order valence-corrected chi connectivity index (χ1v) is 10.9. The van der Waals surface area contributed by atoms with E-state index in [1.165, 1.54) is 28.0 Å². The summed E-state index contributed by atoms with van der Waals surface area (Å²) in [6, 6.07) is 4.92. The highest BCUT2D eigenvalue weighted by atomic mass is 32.1. The second kappa shape index (κ2) is 8.22. The Morgan fingerprint density at radius 2 is 2.18 bits per heavy atom. The van der Waals surface area contributed by atoms with Crippen LogP contribution in [-0.2, 0) is 16.1 Å². The molecule has 1 atom stereocenters. The van der Waals surface area contributed by atoms with Gasteiger partial charge in [-0.25, -0.2) is 0 Å². The molecule has 2 aromatic heterocycles. The molecule has 2 N–H and O–H groups in total. The molecule has 1 amide bonds. The maximum absolute atomic E-state index is 13.3. The molecule has 1 aliphatic heterocycles. The van der Waals surface area contributed by atoms with Gasteiger partial charge < -0.3 is 19.9 Å². The molecule has 0 aliphatic carbocycles. The molecule has 170 valence electrons. The first kappa shape index (κ1) is 22.3. The van der Waals surface area contributed by atoms with Crippen molar-refractivity contribution in [1.29, 1.82) is 5.26 Å². The average molecular weight is 468 g/mol. The molecule has 3 aromatic rings. The number of nitrogens with zero attached hydrogens (tertiary/aromatic N) is 3. The van der Waals surface area contributed by atoms with Gasteiger partial charge in [-0.2, -0.15) is 5.26 Å². The number of hydrogen-bond acceptors (Lipinski definition) is 9. The van der Waals surface area contributed by atoms with Crippen LogP contribution in [-0.4, -0.2) is 38.7 Å². The van der Waals surface area contributed by atoms with Crippen molar-refractivity contribution in [3.63, 3.8) is 0 Å². The SMILES string of the molecule is CC(C)(C)OC(=O)CNC(=O)c1c(O)c2ccc(C#N)c3c2n(c1=O)CC(c1cncs1)O3. The Balaban J connectivity index is 1.78. The van der Waals surface area contributed by atoms with Gasteiger partial charge in [0.05, 0.1) is 28.0 Å². The Hall–Kier alpha value is -3.91. The van der Waals surface area contributed by atoms with Crippen LogP contribution in [0.3, 0.4) is 0 Å². The predicted octanol–water partition coefficient (Wildman–Crippen LogP) is 2.24. The van der Waals surface area contributed by atoms with Gasteiger partial charge in [0.2, 0.25) is 0 Å². The molecular formula is C22H20N4O6S. The first-order valence-electron chi connectivity index (χ1n) is 9.98. The van der Waals surface area contributed by atoms with Crippen LogP contribution < -0.4 is 15.6 Å². The van der Waals surface area contributed by atoms with Gasteiger partial charge in [-0.1, -0.05) is 0 Å². The highest BCUT2D eigenvalue weighted by Crippen LogP contribution is 2.41. The highest BCUT2D eigenvalue weighted by molar-refractivity contribution is 7.09. The van der Waals surface area contributed by atoms with Crippen LogP contribution in [0.4, 0.5) is 0 Å². The van der Waals surface area contributed by atoms with E-state index in [1.54, 1.807) is 32.5 Å². The van der Waals surface area contributed by atoms with E-state index in [2.05, 4.69) is 10.3 Å². The van der Waals surface area contributed by atoms with E-state index >= 15 is 0 Å². The van der Waals surface area contributed by atoms with Gasteiger partial charge in [-0.05, 0) is 32.9 Å². The summed E-state index contributed by atoms with van der Waals surface area (Å²) in [6.07, 6.45) is 0.995. The van der Waals surface area contributed by atoms with Crippen LogP contribution in [0.2, 0.25) is 0 Å². The summed E-state index contributed by atoms with van der Waals surface area (Å²) < 4.78 is 12.5. The van der Waals surface area contributed by atoms with Crippen molar-refractivity contribution in [2.45, 2.75) is 39.0 Å². The smallest absolute Gasteiger partial charge is 0.325 e. The fraction of sp³-hybridized carbons (Fsp3) is 0.318. The molecule has 3 heterocycles. The zero-order chi connectivity index (χ0) is 23.9. The van der Waals surface area contributed by atoms with Crippen molar-refractivity contribution >= 4 is 34.1 Å². The van der Waals surface area contributed by atoms with E-state index in [9.17, 15) is 24.8 Å². The van der Waals surface area contributed by atoms with Gasteiger partial charge in [-0.3, -0.25) is 23.9 Å². The Morgan fingerprint density at radius 1 is 1.42 bits per heavy atom. The van der Waals surface area contributed by atoms with Gasteiger partial charge in [0, 0.05) is 11.6 Å². The molecule has 11 heteroatoms. The molecule has 0 bridgehead atoms. The van der Waals surface area contributed by atoms with E-state index in [0.29, 0.717) is 0 Å². The molecule has 0 spiro atoms. The largest absolute Gasteiger partial charge is 0.506 e. The topological polar surface area (TPSA) is 144 Å². The molecule has 33 heavy (non-hydrogen) atoms. The number of ether oxygens (including phenoxy) is 2. The summed E-state index contributed by atoms with van der Waals surface area (Å²) in [5, 5.41) is 22.8. The third-order valence-corrected chi connectivity index (χ3v) is 5.76. The summed E-state index contributed by atoms with van der Waals surface area (Å²) in [7, 11) is 0. The summed E-state index contributed by atoms with van der Waals surface area (Å²) in [6.45, 7) is 4.64. The van der Waals surface area contributed by atoms with Crippen LogP contribution in [0.5, 0.6) is 11.5 Å². The van der Waals surface area contributed by atoms with E-state index < -0.39 is 47.0 Å². The maximum atomic E-state index is 13.3. The Labute approximate surface area is 192 Å². The summed E-state index contributed by atoms with van der Waals surface area (Å²) in [5.74, 6) is -2.01. The second-order valence-electron chi connectivity index (χ2n) is 8.37. The molecule has 4 rings (SSSR count). The Morgan fingerprint density at radius 3 is 2.82 bits per heavy atom. The molecule has 1 aliphatic rings. The number of rotatable bonds is 4. The molecule has 0 saturated heterocycles. The number of pyridine rings is 1. The second-order valence-corrected chi connectivity index (χ2v) is 9.29. The van der Waals surface area contributed by atoms with Crippen LogP contribution in [0.1, 0.15) is 47.7 Å². The maximum Gasteiger partial charge on any atom is 0.325 e. The van der Waals surface area contributed by atoms with E-state index in [-0.39, 0.29) is 28.8 Å². The molecule has 10 nitrogen and oxygen atoms in total. The van der Waals surface area contributed by atoms with Gasteiger partial charge in [0.15, 0.2) is 11.9 Å². The lowest BCUT2D eigenvalue weighted by atomic mass is 10.0. The van der Waals surface area contributed by atoms with Crippen LogP contribution in [0.25, 0.3) is 10.9 Å². The third-order valence-electron chi connectivity index (χ3n) is 4.89. The number of aromatic hydroxyl groups is 1. The Bertz CT molecular complexity index is 1360. The summed E-state index contributed by atoms with van der Waals surface area (Å²) >= 11 is 1.33. The van der Waals surface area contributed by atoms with Crippen LogP contribution in [0.15, 0.2) is 28.6 Å². The van der Waals surface area contributed by atoms with Gasteiger partial charge in [-0.15, -0.1) is 11.3 Å². The zero-order valence-electron chi connectivity index (χ0n) is 18.0. The number of aromatic nitrogens is 2. The molecule has 1 unspecified atom stereocenters. The standard InChI is InChI=1S/C22H20N4O6S/c1-22(2,3)32-15(27)8-25-20(29)16-18(28)12-5-4-11(6-23)19-17(12)26(21(16)30)9-13(31-19)14-7-24-10-33-14/h4-5,7,10,13,28H,8-9H2,1-3H3,(H,25,29). The fourth-order valence-electron chi connectivity index (χ4n) is 3.59. The van der Waals surface area contributed by atoms with Crippen molar-refractivity contribution in [1.82, 2.24) is 14.9 Å². The van der Waals surface area contributed by atoms with Crippen molar-refractivity contribution in [3.05, 3.63) is 50.2 Å². The minimum Gasteiger partial charge on any atom is -0.506 e. The molecule has 0 fully saturated rings. The van der Waals surface area contributed by atoms with Gasteiger partial charge >= 0.3 is 5.97 Å². The third kappa shape index (κ3) is 4.12. The van der Waals surface area contributed by atoms with Gasteiger partial charge in [0.1, 0.15) is 29.5 Å². The van der Waals surface area contributed by atoms with Crippen molar-refractivity contribution in [3.8, 4) is 17.6 Å². The number of hydrogen-bond donors (Lipinski definition) is 2. The summed E-state index contributed by atoms with van der Waals surface area (Å²) in [5.41, 5.74) is 0.0154. The number of carbonyl (C=O) groups is 2. The molecular weight excluding hydrogens is 448 g/mol. The molecule has 1 aromatic carbocycles. The quantitative estimate of drug-likeness (QED) is 0.555. The minimum atomic E-state index is -0.916. The number of benzene rings is 1. The lowest BCUT2D eigenvalue weighted by Crippen LogP contribution is -2.39. The minimum absolute atomic E-state index is 0.0477. The van der Waals surface area contributed by atoms with E-state index in [0.717, 1.165) is 4.88 Å². The van der Waals surface area contributed by atoms with Gasteiger partial charge in [0.25, 0.3) is 11.5 Å². The average Bonchev–Trinajstić information content (AvgIpc) is 3.29. The van der Waals surface area contributed by atoms with Crippen molar-refractivity contribution < 1.29 is 24.2 Å². The van der Waals surface area contributed by atoms with E-state index in [1.807, 2.05) is 6.07 Å². The number of nitriles is 1.